The minimum atomic E-state index is 1.19. The summed E-state index contributed by atoms with van der Waals surface area (Å²) in [4.78, 5) is 3.95. The van der Waals surface area contributed by atoms with Gasteiger partial charge < -0.3 is 0 Å². The fourth-order valence-electron chi connectivity index (χ4n) is 0.854. The lowest BCUT2D eigenvalue weighted by Crippen LogP contribution is -2.70. The van der Waals surface area contributed by atoms with Crippen LogP contribution in [0.4, 0.5) is 5.69 Å². The first-order chi connectivity index (χ1) is 5.93. The van der Waals surface area contributed by atoms with Crippen molar-refractivity contribution in [3.8, 4) is 0 Å². The number of quaternary nitrogens is 1. The Bertz CT molecular complexity index is 262. The predicted octanol–water partition coefficient (Wildman–Crippen LogP) is 1.44. The molecule has 2 heteroatoms. The van der Waals surface area contributed by atoms with Crippen LogP contribution >= 0.6 is 0 Å². The molecule has 0 aliphatic rings. The van der Waals surface area contributed by atoms with Crippen molar-refractivity contribution in [2.24, 2.45) is 4.99 Å². The summed E-state index contributed by atoms with van der Waals surface area (Å²) in [6.07, 6.45) is 5.46. The number of para-hydroxylation sites is 1. The fourth-order valence-corrected chi connectivity index (χ4v) is 0.854. The molecular formula is C10H13N2+. The average Bonchev–Trinajstić information content (AvgIpc) is 2.14. The maximum atomic E-state index is 3.95. The van der Waals surface area contributed by atoms with E-state index in [4.69, 9.17) is 0 Å². The van der Waals surface area contributed by atoms with Crippen molar-refractivity contribution in [1.82, 2.24) is 0 Å². The lowest BCUT2D eigenvalue weighted by molar-refractivity contribution is -0.496. The van der Waals surface area contributed by atoms with Crippen LogP contribution in [-0.4, -0.2) is 6.21 Å². The topological polar surface area (TPSA) is 29.0 Å². The molecule has 0 atom stereocenters. The summed E-state index contributed by atoms with van der Waals surface area (Å²) >= 11 is 0. The molecule has 0 fully saturated rings. The standard InChI is InChI=1S/C10H12N2/c1-2-11-8-9-12-10-6-4-3-5-7-10/h2-9,12H,1H3/p+1/b9-8-,11-2?. The van der Waals surface area contributed by atoms with E-state index in [0.29, 0.717) is 0 Å². The molecule has 0 unspecified atom stereocenters. The van der Waals surface area contributed by atoms with Crippen LogP contribution in [0.25, 0.3) is 0 Å². The van der Waals surface area contributed by atoms with Gasteiger partial charge in [0.2, 0.25) is 0 Å². The summed E-state index contributed by atoms with van der Waals surface area (Å²) in [7, 11) is 0. The maximum absolute atomic E-state index is 3.95. The molecule has 1 aromatic carbocycles. The van der Waals surface area contributed by atoms with Gasteiger partial charge in [0.25, 0.3) is 0 Å². The van der Waals surface area contributed by atoms with Gasteiger partial charge in [0.05, 0.1) is 6.20 Å². The van der Waals surface area contributed by atoms with E-state index in [2.05, 4.69) is 17.1 Å². The molecule has 0 aliphatic heterocycles. The van der Waals surface area contributed by atoms with Crippen LogP contribution in [0.1, 0.15) is 6.92 Å². The Morgan fingerprint density at radius 2 is 2.00 bits per heavy atom. The van der Waals surface area contributed by atoms with E-state index in [1.807, 2.05) is 36.6 Å². The number of hydrogen-bond donors (Lipinski definition) is 1. The summed E-state index contributed by atoms with van der Waals surface area (Å²) < 4.78 is 0. The number of rotatable bonds is 3. The molecule has 0 spiro atoms. The smallest absolute Gasteiger partial charge is 0.134 e. The van der Waals surface area contributed by atoms with E-state index in [1.54, 1.807) is 12.4 Å². The zero-order valence-electron chi connectivity index (χ0n) is 7.14. The molecule has 12 heavy (non-hydrogen) atoms. The molecule has 0 saturated carbocycles. The summed E-state index contributed by atoms with van der Waals surface area (Å²) in [5.41, 5.74) is 1.19. The van der Waals surface area contributed by atoms with Crippen molar-refractivity contribution in [1.29, 1.82) is 0 Å². The second-order valence-electron chi connectivity index (χ2n) is 2.33. The molecule has 0 bridgehead atoms. The Kier molecular flexibility index (Phi) is 3.81. The molecule has 2 N–H and O–H groups in total. The third-order valence-electron chi connectivity index (χ3n) is 1.41. The van der Waals surface area contributed by atoms with E-state index in [1.165, 1.54) is 5.69 Å². The van der Waals surface area contributed by atoms with E-state index in [9.17, 15) is 0 Å². The van der Waals surface area contributed by atoms with Crippen LogP contribution in [0.3, 0.4) is 0 Å². The molecule has 2 nitrogen and oxygen atoms in total. The Balaban J connectivity index is 2.43. The molecule has 1 aromatic rings. The van der Waals surface area contributed by atoms with Crippen molar-refractivity contribution in [3.05, 3.63) is 42.7 Å². The highest BCUT2D eigenvalue weighted by atomic mass is 14.9. The lowest BCUT2D eigenvalue weighted by Gasteiger charge is -1.90. The molecule has 62 valence electrons. The van der Waals surface area contributed by atoms with Crippen molar-refractivity contribution < 1.29 is 5.32 Å². The summed E-state index contributed by atoms with van der Waals surface area (Å²) in [6, 6.07) is 10.1. The first kappa shape index (κ1) is 8.68. The van der Waals surface area contributed by atoms with Crippen LogP contribution < -0.4 is 5.32 Å². The van der Waals surface area contributed by atoms with Gasteiger partial charge in [0.1, 0.15) is 11.9 Å². The lowest BCUT2D eigenvalue weighted by atomic mass is 10.3. The van der Waals surface area contributed by atoms with Crippen LogP contribution in [0, 0.1) is 0 Å². The monoisotopic (exact) mass is 161 g/mol. The van der Waals surface area contributed by atoms with Crippen molar-refractivity contribution in [2.75, 3.05) is 0 Å². The highest BCUT2D eigenvalue weighted by Crippen LogP contribution is 1.95. The van der Waals surface area contributed by atoms with Gasteiger partial charge in [-0.05, 0) is 19.1 Å². The molecule has 0 radical (unpaired) electrons. The van der Waals surface area contributed by atoms with E-state index >= 15 is 0 Å². The molecule has 0 aliphatic carbocycles. The van der Waals surface area contributed by atoms with Gasteiger partial charge in [-0.25, -0.2) is 0 Å². The highest BCUT2D eigenvalue weighted by molar-refractivity contribution is 5.54. The van der Waals surface area contributed by atoms with E-state index in [-0.39, 0.29) is 0 Å². The molecular weight excluding hydrogens is 148 g/mol. The quantitative estimate of drug-likeness (QED) is 0.513. The molecule has 0 aromatic heterocycles. The van der Waals surface area contributed by atoms with Gasteiger partial charge in [-0.15, -0.1) is 0 Å². The molecule has 0 heterocycles. The summed E-state index contributed by atoms with van der Waals surface area (Å²) in [6.45, 7) is 1.90. The molecule has 1 rings (SSSR count). The van der Waals surface area contributed by atoms with Gasteiger partial charge in [-0.1, -0.05) is 18.2 Å². The number of nitrogens with two attached hydrogens (primary N) is 1. The Labute approximate surface area is 72.6 Å². The number of aliphatic imine (C=N–C) groups is 1. The van der Waals surface area contributed by atoms with Gasteiger partial charge in [-0.3, -0.25) is 10.3 Å². The van der Waals surface area contributed by atoms with Crippen molar-refractivity contribution in [3.63, 3.8) is 0 Å². The highest BCUT2D eigenvalue weighted by Gasteiger charge is 1.87. The van der Waals surface area contributed by atoms with E-state index in [0.717, 1.165) is 0 Å². The van der Waals surface area contributed by atoms with Gasteiger partial charge in [-0.2, -0.15) is 0 Å². The molecule has 0 amide bonds. The minimum absolute atomic E-state index is 1.19. The first-order valence-corrected chi connectivity index (χ1v) is 3.96. The second-order valence-corrected chi connectivity index (χ2v) is 2.33. The zero-order valence-corrected chi connectivity index (χ0v) is 7.14. The third-order valence-corrected chi connectivity index (χ3v) is 1.41. The summed E-state index contributed by atoms with van der Waals surface area (Å²) in [5.74, 6) is 0. The normalized spacial score (nSPS) is 11.4. The largest absolute Gasteiger partial charge is 0.286 e. The summed E-state index contributed by atoms with van der Waals surface area (Å²) in [5, 5.41) is 2.02. The number of nitrogens with zero attached hydrogens (tertiary/aromatic N) is 1. The third kappa shape index (κ3) is 3.12. The van der Waals surface area contributed by atoms with Gasteiger partial charge in [0.15, 0.2) is 0 Å². The first-order valence-electron chi connectivity index (χ1n) is 3.96. The Morgan fingerprint density at radius 1 is 1.25 bits per heavy atom. The van der Waals surface area contributed by atoms with E-state index < -0.39 is 0 Å². The minimum Gasteiger partial charge on any atom is -0.286 e. The average molecular weight is 161 g/mol. The SMILES string of the molecule is CC=N/C=C\[NH2+]c1ccccc1. The zero-order chi connectivity index (χ0) is 8.65. The maximum Gasteiger partial charge on any atom is 0.134 e. The Morgan fingerprint density at radius 3 is 2.67 bits per heavy atom. The van der Waals surface area contributed by atoms with Crippen LogP contribution in [-0.2, 0) is 0 Å². The van der Waals surface area contributed by atoms with Crippen molar-refractivity contribution >= 4 is 11.9 Å². The van der Waals surface area contributed by atoms with Gasteiger partial charge >= 0.3 is 0 Å². The Hall–Kier alpha value is -1.41. The number of hydrogen-bond acceptors (Lipinski definition) is 1. The predicted molar refractivity (Wildman–Crippen MR) is 51.3 cm³/mol. The fraction of sp³-hybridized carbons (Fsp3) is 0.100. The van der Waals surface area contributed by atoms with Crippen LogP contribution in [0.15, 0.2) is 47.7 Å². The van der Waals surface area contributed by atoms with Crippen LogP contribution in [0.2, 0.25) is 0 Å². The van der Waals surface area contributed by atoms with Crippen LogP contribution in [0.5, 0.6) is 0 Å². The second kappa shape index (κ2) is 5.27. The van der Waals surface area contributed by atoms with Gasteiger partial charge in [0, 0.05) is 6.21 Å². The molecule has 0 saturated heterocycles. The number of benzene rings is 1. The van der Waals surface area contributed by atoms with Crippen molar-refractivity contribution in [2.45, 2.75) is 6.92 Å².